The normalized spacial score (nSPS) is 13.3. The number of nitrogens with zero attached hydrogens (tertiary/aromatic N) is 1. The molecule has 3 rings (SSSR count). The van der Waals surface area contributed by atoms with E-state index < -0.39 is 0 Å². The quantitative estimate of drug-likeness (QED) is 0.855. The Hall–Kier alpha value is -3.15. The summed E-state index contributed by atoms with van der Waals surface area (Å²) in [5, 5.41) is 5.37. The van der Waals surface area contributed by atoms with Crippen molar-refractivity contribution in [1.29, 1.82) is 0 Å². The van der Waals surface area contributed by atoms with Crippen molar-refractivity contribution in [3.8, 4) is 0 Å². The fourth-order valence-corrected chi connectivity index (χ4v) is 3.09. The summed E-state index contributed by atoms with van der Waals surface area (Å²) in [5.74, 6) is -0.585. The van der Waals surface area contributed by atoms with E-state index in [1.165, 1.54) is 0 Å². The molecular weight excluding hydrogens is 342 g/mol. The average molecular weight is 365 g/mol. The van der Waals surface area contributed by atoms with E-state index in [9.17, 15) is 14.4 Å². The molecule has 0 unspecified atom stereocenters. The maximum Gasteiger partial charge on any atom is 0.253 e. The number of amides is 3. The van der Waals surface area contributed by atoms with Crippen molar-refractivity contribution in [2.75, 3.05) is 25.0 Å². The second kappa shape index (κ2) is 8.49. The van der Waals surface area contributed by atoms with Gasteiger partial charge in [-0.3, -0.25) is 14.4 Å². The van der Waals surface area contributed by atoms with E-state index in [1.807, 2.05) is 17.9 Å². The molecule has 2 aromatic rings. The maximum absolute atomic E-state index is 12.4. The van der Waals surface area contributed by atoms with Gasteiger partial charge in [-0.1, -0.05) is 18.2 Å². The van der Waals surface area contributed by atoms with Crippen molar-refractivity contribution in [3.05, 3.63) is 65.2 Å². The molecule has 0 bridgehead atoms. The first-order valence-electron chi connectivity index (χ1n) is 9.07. The van der Waals surface area contributed by atoms with E-state index in [1.54, 1.807) is 42.5 Å². The Morgan fingerprint density at radius 3 is 2.33 bits per heavy atom. The Labute approximate surface area is 158 Å². The second-order valence-corrected chi connectivity index (χ2v) is 6.63. The standard InChI is InChI=1S/C21H23N3O3/c1-15-13-17(21(27)24-11-5-6-12-24)9-10-18(15)23-19(25)14-22-20(26)16-7-3-2-4-8-16/h2-4,7-10,13H,5-6,11-12,14H2,1H3,(H,22,26)(H,23,25). The predicted octanol–water partition coefficient (Wildman–Crippen LogP) is 2.60. The summed E-state index contributed by atoms with van der Waals surface area (Å²) in [5.41, 5.74) is 2.57. The number of hydrogen-bond acceptors (Lipinski definition) is 3. The fraction of sp³-hybridized carbons (Fsp3) is 0.286. The summed E-state index contributed by atoms with van der Waals surface area (Å²) in [6.45, 7) is 3.33. The minimum absolute atomic E-state index is 0.0311. The highest BCUT2D eigenvalue weighted by Crippen LogP contribution is 2.19. The van der Waals surface area contributed by atoms with Gasteiger partial charge in [0.05, 0.1) is 6.54 Å². The van der Waals surface area contributed by atoms with E-state index in [2.05, 4.69) is 10.6 Å². The van der Waals surface area contributed by atoms with Crippen LogP contribution >= 0.6 is 0 Å². The molecule has 140 valence electrons. The van der Waals surface area contributed by atoms with Crippen molar-refractivity contribution in [2.24, 2.45) is 0 Å². The van der Waals surface area contributed by atoms with Crippen molar-refractivity contribution < 1.29 is 14.4 Å². The van der Waals surface area contributed by atoms with Gasteiger partial charge in [0, 0.05) is 29.9 Å². The Morgan fingerprint density at radius 2 is 1.67 bits per heavy atom. The molecule has 0 saturated carbocycles. The van der Waals surface area contributed by atoms with E-state index in [0.717, 1.165) is 31.5 Å². The molecule has 6 nitrogen and oxygen atoms in total. The molecule has 1 heterocycles. The Morgan fingerprint density at radius 1 is 0.963 bits per heavy atom. The number of aryl methyl sites for hydroxylation is 1. The molecule has 0 spiro atoms. The largest absolute Gasteiger partial charge is 0.343 e. The highest BCUT2D eigenvalue weighted by molar-refractivity contribution is 6.00. The average Bonchev–Trinajstić information content (AvgIpc) is 3.22. The van der Waals surface area contributed by atoms with E-state index in [0.29, 0.717) is 16.8 Å². The molecule has 2 aromatic carbocycles. The molecule has 6 heteroatoms. The summed E-state index contributed by atoms with van der Waals surface area (Å²) in [4.78, 5) is 38.4. The van der Waals surface area contributed by atoms with Gasteiger partial charge >= 0.3 is 0 Å². The Balaban J connectivity index is 1.56. The highest BCUT2D eigenvalue weighted by atomic mass is 16.2. The van der Waals surface area contributed by atoms with Gasteiger partial charge in [-0.2, -0.15) is 0 Å². The van der Waals surface area contributed by atoms with Crippen molar-refractivity contribution in [3.63, 3.8) is 0 Å². The van der Waals surface area contributed by atoms with E-state index in [4.69, 9.17) is 0 Å². The van der Waals surface area contributed by atoms with Crippen LogP contribution in [0.4, 0.5) is 5.69 Å². The monoisotopic (exact) mass is 365 g/mol. The van der Waals surface area contributed by atoms with E-state index in [-0.39, 0.29) is 24.3 Å². The zero-order valence-corrected chi connectivity index (χ0v) is 15.3. The topological polar surface area (TPSA) is 78.5 Å². The number of likely N-dealkylation sites (tertiary alicyclic amines) is 1. The molecule has 2 N–H and O–H groups in total. The summed E-state index contributed by atoms with van der Waals surface area (Å²) in [6.07, 6.45) is 2.10. The summed E-state index contributed by atoms with van der Waals surface area (Å²) >= 11 is 0. The van der Waals surface area contributed by atoms with Crippen LogP contribution in [-0.2, 0) is 4.79 Å². The fourth-order valence-electron chi connectivity index (χ4n) is 3.09. The van der Waals surface area contributed by atoms with Gasteiger partial charge < -0.3 is 15.5 Å². The Kier molecular flexibility index (Phi) is 5.86. The van der Waals surface area contributed by atoms with Crippen molar-refractivity contribution in [1.82, 2.24) is 10.2 Å². The zero-order valence-electron chi connectivity index (χ0n) is 15.3. The maximum atomic E-state index is 12.4. The molecule has 1 saturated heterocycles. The van der Waals surface area contributed by atoms with Crippen LogP contribution in [0.5, 0.6) is 0 Å². The number of benzene rings is 2. The van der Waals surface area contributed by atoms with Crippen LogP contribution < -0.4 is 10.6 Å². The van der Waals surface area contributed by atoms with Crippen molar-refractivity contribution >= 4 is 23.4 Å². The summed E-state index contributed by atoms with van der Waals surface area (Å²) < 4.78 is 0. The summed E-state index contributed by atoms with van der Waals surface area (Å²) in [7, 11) is 0. The third-order valence-electron chi connectivity index (χ3n) is 4.59. The highest BCUT2D eigenvalue weighted by Gasteiger charge is 2.20. The smallest absolute Gasteiger partial charge is 0.253 e. The molecule has 3 amide bonds. The molecule has 27 heavy (non-hydrogen) atoms. The van der Waals surface area contributed by atoms with Crippen LogP contribution in [0.2, 0.25) is 0 Å². The lowest BCUT2D eigenvalue weighted by Crippen LogP contribution is -2.33. The minimum Gasteiger partial charge on any atom is -0.343 e. The second-order valence-electron chi connectivity index (χ2n) is 6.63. The predicted molar refractivity (Wildman–Crippen MR) is 104 cm³/mol. The van der Waals surface area contributed by atoms with Gasteiger partial charge in [0.25, 0.3) is 11.8 Å². The van der Waals surface area contributed by atoms with Gasteiger partial charge in [0.1, 0.15) is 0 Å². The summed E-state index contributed by atoms with van der Waals surface area (Å²) in [6, 6.07) is 14.0. The molecule has 1 fully saturated rings. The molecule has 1 aliphatic rings. The first-order chi connectivity index (χ1) is 13.0. The lowest BCUT2D eigenvalue weighted by atomic mass is 10.1. The number of carbonyl (C=O) groups is 3. The molecule has 0 radical (unpaired) electrons. The third-order valence-corrected chi connectivity index (χ3v) is 4.59. The minimum atomic E-state index is -0.319. The number of nitrogens with one attached hydrogen (secondary N) is 2. The lowest BCUT2D eigenvalue weighted by molar-refractivity contribution is -0.115. The SMILES string of the molecule is Cc1cc(C(=O)N2CCCC2)ccc1NC(=O)CNC(=O)c1ccccc1. The molecular formula is C21H23N3O3. The zero-order chi connectivity index (χ0) is 19.2. The van der Waals surface area contributed by atoms with Gasteiger partial charge in [0.15, 0.2) is 0 Å². The van der Waals surface area contributed by atoms with Crippen LogP contribution in [-0.4, -0.2) is 42.3 Å². The number of carbonyl (C=O) groups excluding carboxylic acids is 3. The van der Waals surface area contributed by atoms with Crippen LogP contribution in [0.25, 0.3) is 0 Å². The number of anilines is 1. The van der Waals surface area contributed by atoms with Gasteiger partial charge in [-0.05, 0) is 55.7 Å². The first-order valence-corrected chi connectivity index (χ1v) is 9.07. The molecule has 0 aromatic heterocycles. The molecule has 0 atom stereocenters. The van der Waals surface area contributed by atoms with Crippen molar-refractivity contribution in [2.45, 2.75) is 19.8 Å². The molecule has 1 aliphatic heterocycles. The third kappa shape index (κ3) is 4.73. The van der Waals surface area contributed by atoms with Crippen LogP contribution in [0, 0.1) is 6.92 Å². The van der Waals surface area contributed by atoms with Gasteiger partial charge in [-0.15, -0.1) is 0 Å². The van der Waals surface area contributed by atoms with E-state index >= 15 is 0 Å². The first kappa shape index (κ1) is 18.6. The van der Waals surface area contributed by atoms with Gasteiger partial charge in [-0.25, -0.2) is 0 Å². The van der Waals surface area contributed by atoms with Crippen LogP contribution in [0.15, 0.2) is 48.5 Å². The Bertz CT molecular complexity index is 843. The lowest BCUT2D eigenvalue weighted by Gasteiger charge is -2.16. The van der Waals surface area contributed by atoms with Crippen LogP contribution in [0.3, 0.4) is 0 Å². The number of rotatable bonds is 5. The van der Waals surface area contributed by atoms with Gasteiger partial charge in [0.2, 0.25) is 5.91 Å². The molecule has 0 aliphatic carbocycles. The number of hydrogen-bond donors (Lipinski definition) is 2. The van der Waals surface area contributed by atoms with Crippen LogP contribution in [0.1, 0.15) is 39.1 Å².